The van der Waals surface area contributed by atoms with Crippen LogP contribution < -0.4 is 0 Å². The summed E-state index contributed by atoms with van der Waals surface area (Å²) in [5.41, 5.74) is 1.24. The van der Waals surface area contributed by atoms with E-state index < -0.39 is 0 Å². The third kappa shape index (κ3) is 4.21. The Morgan fingerprint density at radius 2 is 1.86 bits per heavy atom. The van der Waals surface area contributed by atoms with Crippen molar-refractivity contribution in [1.82, 2.24) is 19.8 Å². The van der Waals surface area contributed by atoms with Gasteiger partial charge in [0.25, 0.3) is 0 Å². The topological polar surface area (TPSA) is 32.3 Å². The molecule has 0 bridgehead atoms. The van der Waals surface area contributed by atoms with Gasteiger partial charge in [0.05, 0.1) is 0 Å². The van der Waals surface area contributed by atoms with Gasteiger partial charge in [-0.15, -0.1) is 0 Å². The van der Waals surface area contributed by atoms with Gasteiger partial charge in [0.2, 0.25) is 0 Å². The van der Waals surface area contributed by atoms with Gasteiger partial charge >= 0.3 is 0 Å². The normalized spacial score (nSPS) is 22.5. The number of nitrogens with zero attached hydrogens (tertiary/aromatic N) is 4. The summed E-state index contributed by atoms with van der Waals surface area (Å²) in [5.74, 6) is 0. The smallest absolute Gasteiger partial charge is 0.187 e. The van der Waals surface area contributed by atoms with Crippen LogP contribution in [0.4, 0.5) is 0 Å². The van der Waals surface area contributed by atoms with E-state index in [2.05, 4.69) is 33.6 Å². The first-order chi connectivity index (χ1) is 10.7. The summed E-state index contributed by atoms with van der Waals surface area (Å²) in [5, 5.41) is 1.50. The van der Waals surface area contributed by atoms with Crippen LogP contribution in [0.3, 0.4) is 0 Å². The van der Waals surface area contributed by atoms with Crippen LogP contribution >= 0.6 is 11.8 Å². The van der Waals surface area contributed by atoms with Crippen LogP contribution in [-0.2, 0) is 6.54 Å². The second-order valence-corrected chi connectivity index (χ2v) is 8.06. The molecule has 0 radical (unpaired) electrons. The van der Waals surface area contributed by atoms with Crippen LogP contribution in [0.25, 0.3) is 0 Å². The maximum Gasteiger partial charge on any atom is 0.187 e. The zero-order chi connectivity index (χ0) is 15.4. The quantitative estimate of drug-likeness (QED) is 0.594. The van der Waals surface area contributed by atoms with E-state index >= 15 is 0 Å². The van der Waals surface area contributed by atoms with Crippen LogP contribution in [0.5, 0.6) is 0 Å². The molecule has 0 spiro atoms. The molecule has 3 heterocycles. The standard InChI is InChI=1S/C17H28N4S/c1-3-14(2)22-17-18-9-15(10-19-17)11-20-12-16(13-20)21-7-5-4-6-8-21/h9-10,14,16H,3-8,11-13H2,1-2H3/t14-/m1/s1. The van der Waals surface area contributed by atoms with E-state index in [9.17, 15) is 0 Å². The van der Waals surface area contributed by atoms with E-state index in [1.807, 2.05) is 12.4 Å². The van der Waals surface area contributed by atoms with Crippen molar-refractivity contribution in [2.45, 2.75) is 62.5 Å². The zero-order valence-electron chi connectivity index (χ0n) is 13.9. The second-order valence-electron chi connectivity index (χ2n) is 6.66. The Balaban J connectivity index is 1.42. The minimum atomic E-state index is 0.589. The molecule has 2 saturated heterocycles. The van der Waals surface area contributed by atoms with Crippen molar-refractivity contribution < 1.29 is 0 Å². The first-order valence-electron chi connectivity index (χ1n) is 8.68. The van der Waals surface area contributed by atoms with Gasteiger partial charge in [0, 0.05) is 48.9 Å². The molecule has 0 unspecified atom stereocenters. The molecular weight excluding hydrogens is 292 g/mol. The van der Waals surface area contributed by atoms with Gasteiger partial charge in [-0.2, -0.15) is 0 Å². The molecule has 0 aromatic carbocycles. The third-order valence-corrected chi connectivity index (χ3v) is 5.97. The van der Waals surface area contributed by atoms with Crippen LogP contribution in [0.2, 0.25) is 0 Å². The lowest BCUT2D eigenvalue weighted by atomic mass is 10.0. The van der Waals surface area contributed by atoms with Gasteiger partial charge in [0.15, 0.2) is 5.16 Å². The first kappa shape index (κ1) is 16.2. The number of hydrogen-bond acceptors (Lipinski definition) is 5. The van der Waals surface area contributed by atoms with Gasteiger partial charge in [-0.1, -0.05) is 32.0 Å². The molecule has 2 fully saturated rings. The lowest BCUT2D eigenvalue weighted by molar-refractivity contribution is 0.0184. The fourth-order valence-electron chi connectivity index (χ4n) is 3.19. The average molecular weight is 321 g/mol. The lowest BCUT2D eigenvalue weighted by Crippen LogP contribution is -2.59. The molecule has 0 amide bonds. The molecule has 122 valence electrons. The molecule has 0 saturated carbocycles. The minimum absolute atomic E-state index is 0.589. The molecule has 4 nitrogen and oxygen atoms in total. The monoisotopic (exact) mass is 320 g/mol. The summed E-state index contributed by atoms with van der Waals surface area (Å²) in [4.78, 5) is 14.2. The fraction of sp³-hybridized carbons (Fsp3) is 0.765. The van der Waals surface area contributed by atoms with Crippen molar-refractivity contribution in [3.05, 3.63) is 18.0 Å². The van der Waals surface area contributed by atoms with Gasteiger partial charge in [-0.3, -0.25) is 9.80 Å². The van der Waals surface area contributed by atoms with Crippen molar-refractivity contribution >= 4 is 11.8 Å². The molecule has 1 aromatic rings. The molecule has 0 aliphatic carbocycles. The maximum atomic E-state index is 4.50. The summed E-state index contributed by atoms with van der Waals surface area (Å²) in [6.07, 6.45) is 9.36. The molecule has 0 N–H and O–H groups in total. The van der Waals surface area contributed by atoms with Crippen molar-refractivity contribution in [2.24, 2.45) is 0 Å². The highest BCUT2D eigenvalue weighted by molar-refractivity contribution is 7.99. The molecule has 3 rings (SSSR count). The van der Waals surface area contributed by atoms with Crippen LogP contribution in [0.15, 0.2) is 17.6 Å². The summed E-state index contributed by atoms with van der Waals surface area (Å²) in [7, 11) is 0. The predicted octanol–water partition coefficient (Wildman–Crippen LogP) is 3.04. The molecule has 1 aromatic heterocycles. The Morgan fingerprint density at radius 3 is 2.50 bits per heavy atom. The number of rotatable bonds is 6. The van der Waals surface area contributed by atoms with Crippen LogP contribution in [0, 0.1) is 0 Å². The van der Waals surface area contributed by atoms with E-state index in [0.29, 0.717) is 5.25 Å². The van der Waals surface area contributed by atoms with Crippen molar-refractivity contribution in [3.63, 3.8) is 0 Å². The van der Waals surface area contributed by atoms with E-state index in [4.69, 9.17) is 0 Å². The molecule has 2 aliphatic rings. The predicted molar refractivity (Wildman–Crippen MR) is 92.1 cm³/mol. The zero-order valence-corrected chi connectivity index (χ0v) is 14.7. The Morgan fingerprint density at radius 1 is 1.18 bits per heavy atom. The Bertz CT molecular complexity index is 452. The SMILES string of the molecule is CC[C@@H](C)Sc1ncc(CN2CC(N3CCCCC3)C2)cn1. The van der Waals surface area contributed by atoms with E-state index in [-0.39, 0.29) is 0 Å². The summed E-state index contributed by atoms with van der Waals surface area (Å²) < 4.78 is 0. The van der Waals surface area contributed by atoms with E-state index in [0.717, 1.165) is 24.2 Å². The molecule has 2 aliphatic heterocycles. The fourth-order valence-corrected chi connectivity index (χ4v) is 3.95. The highest BCUT2D eigenvalue weighted by atomic mass is 32.2. The van der Waals surface area contributed by atoms with Gasteiger partial charge in [0.1, 0.15) is 0 Å². The lowest BCUT2D eigenvalue weighted by Gasteiger charge is -2.46. The van der Waals surface area contributed by atoms with Crippen molar-refractivity contribution in [3.8, 4) is 0 Å². The van der Waals surface area contributed by atoms with Gasteiger partial charge in [-0.25, -0.2) is 9.97 Å². The van der Waals surface area contributed by atoms with E-state index in [1.54, 1.807) is 11.8 Å². The first-order valence-corrected chi connectivity index (χ1v) is 9.56. The number of piperidine rings is 1. The van der Waals surface area contributed by atoms with Crippen molar-refractivity contribution in [1.29, 1.82) is 0 Å². The minimum Gasteiger partial charge on any atom is -0.298 e. The highest BCUT2D eigenvalue weighted by Crippen LogP contribution is 2.23. The van der Waals surface area contributed by atoms with Gasteiger partial charge in [-0.05, 0) is 32.4 Å². The highest BCUT2D eigenvalue weighted by Gasteiger charge is 2.32. The number of likely N-dealkylation sites (tertiary alicyclic amines) is 2. The average Bonchev–Trinajstić information content (AvgIpc) is 2.52. The molecule has 5 heteroatoms. The second kappa shape index (κ2) is 7.75. The number of aromatic nitrogens is 2. The molecule has 1 atom stereocenters. The summed E-state index contributed by atoms with van der Waals surface area (Å²) in [6, 6.07) is 0.793. The third-order valence-electron chi connectivity index (χ3n) is 4.81. The Labute approximate surface area is 138 Å². The summed E-state index contributed by atoms with van der Waals surface area (Å²) >= 11 is 1.77. The number of thioether (sulfide) groups is 1. The number of hydrogen-bond donors (Lipinski definition) is 0. The van der Waals surface area contributed by atoms with Crippen LogP contribution in [-0.4, -0.2) is 57.2 Å². The molecule has 22 heavy (non-hydrogen) atoms. The van der Waals surface area contributed by atoms with E-state index in [1.165, 1.54) is 51.0 Å². The van der Waals surface area contributed by atoms with Crippen LogP contribution in [0.1, 0.15) is 45.1 Å². The Kier molecular flexibility index (Phi) is 5.71. The van der Waals surface area contributed by atoms with Gasteiger partial charge < -0.3 is 0 Å². The van der Waals surface area contributed by atoms with Crippen molar-refractivity contribution in [2.75, 3.05) is 26.2 Å². The largest absolute Gasteiger partial charge is 0.298 e. The molecular formula is C17H28N4S. The summed E-state index contributed by atoms with van der Waals surface area (Å²) in [6.45, 7) is 10.5. The maximum absolute atomic E-state index is 4.50. The Hall–Kier alpha value is -0.650.